The van der Waals surface area contributed by atoms with Crippen LogP contribution in [-0.4, -0.2) is 73.7 Å². The Hall–Kier alpha value is -0.550. The fourth-order valence-electron chi connectivity index (χ4n) is 1.79. The molecule has 5 atom stereocenters. The average molecular weight is 319 g/mol. The van der Waals surface area contributed by atoms with E-state index < -0.39 is 44.8 Å². The lowest BCUT2D eigenvalue weighted by atomic mass is 10.0. The number of thiol groups is 1. The Morgan fingerprint density at radius 3 is 1.84 bits per heavy atom. The number of hydrogen-bond acceptors (Lipinski definition) is 8. The predicted octanol–water partition coefficient (Wildman–Crippen LogP) is -2.42. The molecule has 0 saturated carbocycles. The first-order valence-electron chi connectivity index (χ1n) is 5.21. The van der Waals surface area contributed by atoms with Crippen molar-refractivity contribution in [2.75, 3.05) is 6.61 Å². The second kappa shape index (κ2) is 5.44. The smallest absolute Gasteiger partial charge is 0.169 e. The summed E-state index contributed by atoms with van der Waals surface area (Å²) in [5.74, 6) is 0. The fourth-order valence-corrected chi connectivity index (χ4v) is 4.01. The van der Waals surface area contributed by atoms with Crippen molar-refractivity contribution in [3.63, 3.8) is 0 Å². The van der Waals surface area contributed by atoms with Crippen LogP contribution in [0.25, 0.3) is 0 Å². The standard InChI is InChI=1S/C9H15ClO8S/c10-19(2-12,3-13,4-14)9-8(17)7(16)6(15)5(1-11)18-9/h2-9,11,15-17,19H,1H2/t5-,6+,7+,8-,9+/m1/s1. The van der Waals surface area contributed by atoms with Crippen molar-refractivity contribution in [3.05, 3.63) is 0 Å². The van der Waals surface area contributed by atoms with Gasteiger partial charge in [-0.1, -0.05) is 19.1 Å². The SMILES string of the molecule is O=C[SH](Cl)(C=O)(C=O)[C@@H]1O[C@H](CO)[C@H](O)[C@H](O)[C@H]1O. The molecule has 1 fully saturated rings. The van der Waals surface area contributed by atoms with Crippen molar-refractivity contribution in [2.45, 2.75) is 29.9 Å². The third-order valence-corrected chi connectivity index (χ3v) is 7.20. The van der Waals surface area contributed by atoms with Crippen molar-refractivity contribution < 1.29 is 39.5 Å². The van der Waals surface area contributed by atoms with Crippen LogP contribution in [0.1, 0.15) is 0 Å². The molecule has 1 aliphatic heterocycles. The van der Waals surface area contributed by atoms with E-state index in [2.05, 4.69) is 0 Å². The van der Waals surface area contributed by atoms with Crippen LogP contribution in [0.15, 0.2) is 0 Å². The molecule has 0 unspecified atom stereocenters. The Morgan fingerprint density at radius 2 is 1.47 bits per heavy atom. The van der Waals surface area contributed by atoms with Gasteiger partial charge >= 0.3 is 0 Å². The first-order valence-corrected chi connectivity index (χ1v) is 8.63. The number of aliphatic hydroxyl groups is 4. The average Bonchev–Trinajstić information content (AvgIpc) is 2.45. The van der Waals surface area contributed by atoms with Crippen LogP contribution in [0.4, 0.5) is 0 Å². The second-order valence-electron chi connectivity index (χ2n) is 4.32. The van der Waals surface area contributed by atoms with Crippen molar-refractivity contribution in [2.24, 2.45) is 0 Å². The lowest BCUT2D eigenvalue weighted by molar-refractivity contribution is -0.206. The number of halogens is 1. The molecular weight excluding hydrogens is 304 g/mol. The van der Waals surface area contributed by atoms with Crippen LogP contribution in [-0.2, 0) is 19.1 Å². The number of ether oxygens (including phenoxy) is 1. The van der Waals surface area contributed by atoms with Crippen molar-refractivity contribution in [3.8, 4) is 0 Å². The predicted molar refractivity (Wildman–Crippen MR) is 68.9 cm³/mol. The molecule has 0 aromatic rings. The fraction of sp³-hybridized carbons (Fsp3) is 0.667. The van der Waals surface area contributed by atoms with E-state index in [4.69, 9.17) is 20.5 Å². The van der Waals surface area contributed by atoms with E-state index >= 15 is 0 Å². The van der Waals surface area contributed by atoms with Gasteiger partial charge in [0.2, 0.25) is 0 Å². The van der Waals surface area contributed by atoms with E-state index in [-0.39, 0.29) is 16.9 Å². The molecule has 10 heteroatoms. The largest absolute Gasteiger partial charge is 0.394 e. The van der Waals surface area contributed by atoms with E-state index in [1.54, 1.807) is 0 Å². The Morgan fingerprint density at radius 1 is 1.00 bits per heavy atom. The van der Waals surface area contributed by atoms with Gasteiger partial charge in [-0.3, -0.25) is 14.4 Å². The maximum absolute atomic E-state index is 11.1. The van der Waals surface area contributed by atoms with E-state index in [1.165, 1.54) is 0 Å². The number of carbonyl (C=O) groups excluding carboxylic acids is 3. The summed E-state index contributed by atoms with van der Waals surface area (Å²) < 4.78 is 4.99. The minimum Gasteiger partial charge on any atom is -0.394 e. The minimum absolute atomic E-state index is 0.0973. The molecule has 0 aromatic carbocycles. The van der Waals surface area contributed by atoms with Gasteiger partial charge in [0.25, 0.3) is 0 Å². The molecule has 19 heavy (non-hydrogen) atoms. The van der Waals surface area contributed by atoms with Gasteiger partial charge in [-0.15, -0.1) is 0 Å². The third-order valence-electron chi connectivity index (χ3n) is 3.07. The molecule has 1 aliphatic rings. The van der Waals surface area contributed by atoms with Gasteiger partial charge in [0.15, 0.2) is 16.9 Å². The lowest BCUT2D eigenvalue weighted by Crippen LogP contribution is -2.61. The first kappa shape index (κ1) is 16.5. The zero-order valence-electron chi connectivity index (χ0n) is 9.57. The van der Waals surface area contributed by atoms with Gasteiger partial charge in [0.05, 0.1) is 6.61 Å². The van der Waals surface area contributed by atoms with Gasteiger partial charge in [0, 0.05) is 0 Å². The highest BCUT2D eigenvalue weighted by Gasteiger charge is 2.57. The molecule has 0 aromatic heterocycles. The minimum atomic E-state index is -4.92. The van der Waals surface area contributed by atoms with E-state index in [0.29, 0.717) is 0 Å². The summed E-state index contributed by atoms with van der Waals surface area (Å²) in [6.45, 7) is -0.762. The lowest BCUT2D eigenvalue weighted by Gasteiger charge is -2.52. The molecule has 1 saturated heterocycles. The Kier molecular flexibility index (Phi) is 4.73. The highest BCUT2D eigenvalue weighted by Crippen LogP contribution is 2.72. The topological polar surface area (TPSA) is 141 Å². The van der Waals surface area contributed by atoms with Crippen LogP contribution in [0.2, 0.25) is 0 Å². The number of aliphatic hydroxyl groups excluding tert-OH is 4. The quantitative estimate of drug-likeness (QED) is 0.279. The molecule has 1 rings (SSSR count). The monoisotopic (exact) mass is 318 g/mol. The highest BCUT2D eigenvalue weighted by atomic mass is 35.7. The first-order chi connectivity index (χ1) is 8.77. The molecule has 4 N–H and O–H groups in total. The summed E-state index contributed by atoms with van der Waals surface area (Å²) in [6.07, 6.45) is -6.78. The van der Waals surface area contributed by atoms with Crippen LogP contribution < -0.4 is 0 Å². The van der Waals surface area contributed by atoms with Crippen LogP contribution in [0.3, 0.4) is 0 Å². The summed E-state index contributed by atoms with van der Waals surface area (Å²) >= 11 is 0. The Bertz CT molecular complexity index is 364. The Labute approximate surface area is 112 Å². The summed E-state index contributed by atoms with van der Waals surface area (Å²) in [5, 5.41) is 37.9. The summed E-state index contributed by atoms with van der Waals surface area (Å²) in [4.78, 5) is 33.3. The van der Waals surface area contributed by atoms with Crippen LogP contribution in [0, 0.1) is 0 Å². The molecule has 0 bridgehead atoms. The Balaban J connectivity index is 3.28. The van der Waals surface area contributed by atoms with Crippen molar-refractivity contribution in [1.82, 2.24) is 0 Å². The number of carbonyl (C=O) groups is 3. The normalized spacial score (nSPS) is 37.9. The third kappa shape index (κ3) is 2.42. The van der Waals surface area contributed by atoms with Crippen molar-refractivity contribution in [1.29, 1.82) is 0 Å². The summed E-state index contributed by atoms with van der Waals surface area (Å²) in [7, 11) is 0.909. The highest BCUT2D eigenvalue weighted by molar-refractivity contribution is 8.88. The van der Waals surface area contributed by atoms with Gasteiger partial charge in [-0.25, -0.2) is 0 Å². The molecule has 0 radical (unpaired) electrons. The van der Waals surface area contributed by atoms with Crippen LogP contribution >= 0.6 is 19.1 Å². The molecule has 1 heterocycles. The maximum atomic E-state index is 11.1. The van der Waals surface area contributed by atoms with Crippen molar-refractivity contribution >= 4 is 35.9 Å². The molecular formula is C9H15ClO8S. The van der Waals surface area contributed by atoms with E-state index in [1.807, 2.05) is 0 Å². The molecule has 0 aliphatic carbocycles. The van der Waals surface area contributed by atoms with E-state index in [9.17, 15) is 29.7 Å². The van der Waals surface area contributed by atoms with Crippen LogP contribution in [0.5, 0.6) is 0 Å². The zero-order chi connectivity index (χ0) is 14.9. The second-order valence-corrected chi connectivity index (χ2v) is 10.4. The summed E-state index contributed by atoms with van der Waals surface area (Å²) in [5.41, 5.74) is -2.12. The van der Waals surface area contributed by atoms with Gasteiger partial charge in [-0.2, -0.15) is 0 Å². The number of rotatable bonds is 5. The maximum Gasteiger partial charge on any atom is 0.169 e. The summed E-state index contributed by atoms with van der Waals surface area (Å²) in [6, 6.07) is 0. The molecule has 112 valence electrons. The molecule has 8 nitrogen and oxygen atoms in total. The van der Waals surface area contributed by atoms with Gasteiger partial charge < -0.3 is 25.2 Å². The molecule has 0 spiro atoms. The van der Waals surface area contributed by atoms with Gasteiger partial charge in [0.1, 0.15) is 29.9 Å². The zero-order valence-corrected chi connectivity index (χ0v) is 11.2. The molecule has 0 amide bonds. The van der Waals surface area contributed by atoms with Gasteiger partial charge in [-0.05, 0) is 0 Å². The van der Waals surface area contributed by atoms with E-state index in [0.717, 1.165) is 0 Å². The number of hydrogen-bond donors (Lipinski definition) is 5.